The zero-order chi connectivity index (χ0) is 13.1. The number of nitrogens with one attached hydrogen (secondary N) is 1. The van der Waals surface area contributed by atoms with Crippen LogP contribution in [0.15, 0.2) is 48.5 Å². The molecule has 1 aliphatic heterocycles. The van der Waals surface area contributed by atoms with Crippen molar-refractivity contribution < 1.29 is 0 Å². The molecule has 0 unspecified atom stereocenters. The van der Waals surface area contributed by atoms with Crippen LogP contribution in [0.3, 0.4) is 0 Å². The molecule has 1 saturated heterocycles. The van der Waals surface area contributed by atoms with Gasteiger partial charge in [-0.3, -0.25) is 0 Å². The van der Waals surface area contributed by atoms with Crippen molar-refractivity contribution >= 4 is 28.7 Å². The first-order valence-electron chi connectivity index (χ1n) is 6.69. The van der Waals surface area contributed by atoms with Crippen molar-refractivity contribution in [1.82, 2.24) is 0 Å². The Labute approximate surface area is 119 Å². The largest absolute Gasteiger partial charge is 0.372 e. The van der Waals surface area contributed by atoms with E-state index in [9.17, 15) is 0 Å². The normalized spacial score (nSPS) is 14.7. The van der Waals surface area contributed by atoms with Crippen LogP contribution in [-0.2, 0) is 0 Å². The number of benzene rings is 2. The summed E-state index contributed by atoms with van der Waals surface area (Å²) < 4.78 is 0. The first kappa shape index (κ1) is 12.4. The average molecular weight is 273 g/mol. The van der Waals surface area contributed by atoms with Crippen molar-refractivity contribution in [2.45, 2.75) is 12.8 Å². The predicted molar refractivity (Wildman–Crippen MR) is 82.6 cm³/mol. The highest BCUT2D eigenvalue weighted by Gasteiger charge is 2.11. The topological polar surface area (TPSA) is 15.3 Å². The van der Waals surface area contributed by atoms with Crippen LogP contribution in [-0.4, -0.2) is 13.1 Å². The molecule has 0 atom stereocenters. The molecule has 1 N–H and O–H groups in total. The van der Waals surface area contributed by atoms with Crippen molar-refractivity contribution in [2.75, 3.05) is 23.3 Å². The molecule has 1 aliphatic rings. The minimum atomic E-state index is 0.759. The fourth-order valence-corrected chi connectivity index (χ4v) is 2.56. The highest BCUT2D eigenvalue weighted by Crippen LogP contribution is 2.24. The fraction of sp³-hybridized carbons (Fsp3) is 0.250. The SMILES string of the molecule is Clc1ccc(Nc2ccc(N3CCCC3)cc2)cc1. The summed E-state index contributed by atoms with van der Waals surface area (Å²) in [7, 11) is 0. The van der Waals surface area contributed by atoms with Gasteiger partial charge in [0.05, 0.1) is 0 Å². The number of nitrogens with zero attached hydrogens (tertiary/aromatic N) is 1. The zero-order valence-corrected chi connectivity index (χ0v) is 11.5. The average Bonchev–Trinajstić information content (AvgIpc) is 2.96. The van der Waals surface area contributed by atoms with Gasteiger partial charge in [0.1, 0.15) is 0 Å². The van der Waals surface area contributed by atoms with Crippen LogP contribution in [0, 0.1) is 0 Å². The Bertz CT molecular complexity index is 528. The molecule has 98 valence electrons. The molecule has 1 fully saturated rings. The summed E-state index contributed by atoms with van der Waals surface area (Å²) in [6.45, 7) is 2.37. The molecule has 2 nitrogen and oxygen atoms in total. The van der Waals surface area contributed by atoms with Gasteiger partial charge in [0.2, 0.25) is 0 Å². The maximum absolute atomic E-state index is 5.87. The van der Waals surface area contributed by atoms with E-state index in [0.29, 0.717) is 0 Å². The Morgan fingerprint density at radius 1 is 0.789 bits per heavy atom. The number of hydrogen-bond acceptors (Lipinski definition) is 2. The number of rotatable bonds is 3. The van der Waals surface area contributed by atoms with Gasteiger partial charge in [-0.2, -0.15) is 0 Å². The van der Waals surface area contributed by atoms with Gasteiger partial charge in [-0.1, -0.05) is 11.6 Å². The van der Waals surface area contributed by atoms with E-state index in [1.54, 1.807) is 0 Å². The number of hydrogen-bond donors (Lipinski definition) is 1. The molecule has 0 amide bonds. The third-order valence-electron chi connectivity index (χ3n) is 3.47. The molecule has 0 aromatic heterocycles. The van der Waals surface area contributed by atoms with Crippen molar-refractivity contribution in [3.05, 3.63) is 53.6 Å². The van der Waals surface area contributed by atoms with Gasteiger partial charge in [0, 0.05) is 35.2 Å². The third kappa shape index (κ3) is 3.02. The van der Waals surface area contributed by atoms with Crippen molar-refractivity contribution in [2.24, 2.45) is 0 Å². The smallest absolute Gasteiger partial charge is 0.0407 e. The van der Waals surface area contributed by atoms with Crippen LogP contribution in [0.4, 0.5) is 17.1 Å². The minimum Gasteiger partial charge on any atom is -0.372 e. The van der Waals surface area contributed by atoms with E-state index in [-0.39, 0.29) is 0 Å². The van der Waals surface area contributed by atoms with Crippen LogP contribution in [0.25, 0.3) is 0 Å². The van der Waals surface area contributed by atoms with Crippen LogP contribution in [0.1, 0.15) is 12.8 Å². The number of anilines is 3. The van der Waals surface area contributed by atoms with Crippen molar-refractivity contribution in [1.29, 1.82) is 0 Å². The molecular formula is C16H17ClN2. The molecule has 3 rings (SSSR count). The van der Waals surface area contributed by atoms with Crippen LogP contribution < -0.4 is 10.2 Å². The molecule has 0 radical (unpaired) electrons. The standard InChI is InChI=1S/C16H17ClN2/c17-13-3-5-14(6-4-13)18-15-7-9-16(10-8-15)19-11-1-2-12-19/h3-10,18H,1-2,11-12H2. The highest BCUT2D eigenvalue weighted by atomic mass is 35.5. The van der Waals surface area contributed by atoms with Gasteiger partial charge in [0.25, 0.3) is 0 Å². The van der Waals surface area contributed by atoms with Gasteiger partial charge < -0.3 is 10.2 Å². The number of halogens is 1. The van der Waals surface area contributed by atoms with Crippen LogP contribution in [0.5, 0.6) is 0 Å². The fourth-order valence-electron chi connectivity index (χ4n) is 2.43. The van der Waals surface area contributed by atoms with E-state index in [0.717, 1.165) is 16.4 Å². The van der Waals surface area contributed by atoms with E-state index < -0.39 is 0 Å². The highest BCUT2D eigenvalue weighted by molar-refractivity contribution is 6.30. The van der Waals surface area contributed by atoms with E-state index in [1.165, 1.54) is 31.6 Å². The lowest BCUT2D eigenvalue weighted by Gasteiger charge is -2.18. The second kappa shape index (κ2) is 5.54. The van der Waals surface area contributed by atoms with E-state index in [2.05, 4.69) is 34.5 Å². The Hall–Kier alpha value is -1.67. The third-order valence-corrected chi connectivity index (χ3v) is 3.72. The predicted octanol–water partition coefficient (Wildman–Crippen LogP) is 4.68. The maximum atomic E-state index is 5.87. The van der Waals surface area contributed by atoms with E-state index in [4.69, 9.17) is 11.6 Å². The molecule has 19 heavy (non-hydrogen) atoms. The molecule has 3 heteroatoms. The summed E-state index contributed by atoms with van der Waals surface area (Å²) in [6, 6.07) is 16.4. The van der Waals surface area contributed by atoms with Gasteiger partial charge >= 0.3 is 0 Å². The molecule has 0 aliphatic carbocycles. The van der Waals surface area contributed by atoms with Gasteiger partial charge in [-0.05, 0) is 61.4 Å². The summed E-state index contributed by atoms with van der Waals surface area (Å²) in [5.74, 6) is 0. The first-order chi connectivity index (χ1) is 9.31. The van der Waals surface area contributed by atoms with Crippen molar-refractivity contribution in [3.63, 3.8) is 0 Å². The lowest BCUT2D eigenvalue weighted by atomic mass is 10.2. The summed E-state index contributed by atoms with van der Waals surface area (Å²) >= 11 is 5.87. The van der Waals surface area contributed by atoms with Crippen LogP contribution >= 0.6 is 11.6 Å². The second-order valence-electron chi connectivity index (χ2n) is 4.87. The molecule has 0 saturated carbocycles. The van der Waals surface area contributed by atoms with Gasteiger partial charge in [-0.15, -0.1) is 0 Å². The lowest BCUT2D eigenvalue weighted by molar-refractivity contribution is 0.949. The quantitative estimate of drug-likeness (QED) is 0.872. The molecular weight excluding hydrogens is 256 g/mol. The zero-order valence-electron chi connectivity index (χ0n) is 10.8. The maximum Gasteiger partial charge on any atom is 0.0407 e. The Morgan fingerprint density at radius 3 is 1.89 bits per heavy atom. The van der Waals surface area contributed by atoms with Gasteiger partial charge in [0.15, 0.2) is 0 Å². The van der Waals surface area contributed by atoms with Crippen LogP contribution in [0.2, 0.25) is 5.02 Å². The molecule has 0 bridgehead atoms. The lowest BCUT2D eigenvalue weighted by Crippen LogP contribution is -2.17. The Kier molecular flexibility index (Phi) is 3.60. The second-order valence-corrected chi connectivity index (χ2v) is 5.31. The van der Waals surface area contributed by atoms with Crippen molar-refractivity contribution in [3.8, 4) is 0 Å². The monoisotopic (exact) mass is 272 g/mol. The Morgan fingerprint density at radius 2 is 1.32 bits per heavy atom. The summed E-state index contributed by atoms with van der Waals surface area (Å²) in [6.07, 6.45) is 2.62. The Balaban J connectivity index is 1.70. The first-order valence-corrected chi connectivity index (χ1v) is 7.07. The molecule has 0 spiro atoms. The summed E-state index contributed by atoms with van der Waals surface area (Å²) in [4.78, 5) is 2.44. The van der Waals surface area contributed by atoms with E-state index in [1.807, 2.05) is 24.3 Å². The summed E-state index contributed by atoms with van der Waals surface area (Å²) in [5, 5.41) is 4.13. The molecule has 1 heterocycles. The molecule has 2 aromatic carbocycles. The summed E-state index contributed by atoms with van der Waals surface area (Å²) in [5.41, 5.74) is 3.47. The molecule has 2 aromatic rings. The van der Waals surface area contributed by atoms with Gasteiger partial charge in [-0.25, -0.2) is 0 Å². The van der Waals surface area contributed by atoms with E-state index >= 15 is 0 Å². The minimum absolute atomic E-state index is 0.759.